The lowest BCUT2D eigenvalue weighted by molar-refractivity contribution is -0.0585. The Kier molecular flexibility index (Phi) is 8.00. The molecule has 1 aliphatic rings. The number of hydrogen-bond donors (Lipinski definition) is 2. The Morgan fingerprint density at radius 3 is 2.58 bits per heavy atom. The van der Waals surface area contributed by atoms with E-state index in [9.17, 15) is 9.90 Å². The maximum absolute atomic E-state index is 12.8. The second-order valence-corrected chi connectivity index (χ2v) is 9.30. The average molecular weight is 429 g/mol. The van der Waals surface area contributed by atoms with Crippen molar-refractivity contribution >= 4 is 16.8 Å². The first-order chi connectivity index (χ1) is 14.7. The number of carbonyl (C=O) groups is 1. The molecular formula is C24H36N4O3. The molecular weight excluding hydrogens is 392 g/mol. The zero-order valence-corrected chi connectivity index (χ0v) is 19.2. The van der Waals surface area contributed by atoms with Gasteiger partial charge >= 0.3 is 0 Å². The molecule has 170 valence electrons. The Morgan fingerprint density at radius 2 is 1.87 bits per heavy atom. The SMILES string of the molecule is Cc1cc(C(=O)NCCN2CCN(CC(O)COC(C)(C)C)CC2)c2ccccc2n1. The number of hydrogen-bond acceptors (Lipinski definition) is 6. The number of pyridine rings is 1. The molecule has 2 heterocycles. The van der Waals surface area contributed by atoms with Crippen molar-refractivity contribution in [1.82, 2.24) is 20.1 Å². The molecule has 1 aromatic carbocycles. The van der Waals surface area contributed by atoms with E-state index in [1.807, 2.05) is 58.0 Å². The minimum atomic E-state index is -0.469. The molecule has 1 aliphatic heterocycles. The number of aryl methyl sites for hydroxylation is 1. The third kappa shape index (κ3) is 7.25. The number of aliphatic hydroxyl groups is 1. The molecule has 1 unspecified atom stereocenters. The molecule has 1 amide bonds. The fourth-order valence-electron chi connectivity index (χ4n) is 3.81. The minimum Gasteiger partial charge on any atom is -0.389 e. The van der Waals surface area contributed by atoms with Crippen LogP contribution < -0.4 is 5.32 Å². The van der Waals surface area contributed by atoms with Crippen molar-refractivity contribution in [2.45, 2.75) is 39.4 Å². The van der Waals surface area contributed by atoms with Crippen LogP contribution in [0.25, 0.3) is 10.9 Å². The van der Waals surface area contributed by atoms with E-state index < -0.39 is 6.10 Å². The highest BCUT2D eigenvalue weighted by atomic mass is 16.5. The van der Waals surface area contributed by atoms with E-state index in [1.165, 1.54) is 0 Å². The van der Waals surface area contributed by atoms with E-state index >= 15 is 0 Å². The summed E-state index contributed by atoms with van der Waals surface area (Å²) in [5.41, 5.74) is 2.14. The number of nitrogens with zero attached hydrogens (tertiary/aromatic N) is 3. The maximum atomic E-state index is 12.8. The summed E-state index contributed by atoms with van der Waals surface area (Å²) in [6, 6.07) is 9.60. The van der Waals surface area contributed by atoms with Gasteiger partial charge in [-0.05, 0) is 39.8 Å². The predicted octanol–water partition coefficient (Wildman–Crippen LogP) is 2.07. The molecule has 2 aromatic rings. The molecule has 1 atom stereocenters. The standard InChI is InChI=1S/C24H36N4O3/c1-18-15-21(20-7-5-6-8-22(20)26-18)23(30)25-9-10-27-11-13-28(14-12-27)16-19(29)17-31-24(2,3)4/h5-8,15,19,29H,9-14,16-17H2,1-4H3,(H,25,30). The maximum Gasteiger partial charge on any atom is 0.252 e. The summed E-state index contributed by atoms with van der Waals surface area (Å²) in [6.07, 6.45) is -0.469. The van der Waals surface area contributed by atoms with Gasteiger partial charge in [-0.1, -0.05) is 18.2 Å². The van der Waals surface area contributed by atoms with Gasteiger partial charge in [-0.3, -0.25) is 19.6 Å². The van der Waals surface area contributed by atoms with Crippen molar-refractivity contribution < 1.29 is 14.6 Å². The highest BCUT2D eigenvalue weighted by molar-refractivity contribution is 6.06. The predicted molar refractivity (Wildman–Crippen MR) is 123 cm³/mol. The molecule has 7 nitrogen and oxygen atoms in total. The molecule has 0 spiro atoms. The van der Waals surface area contributed by atoms with Crippen LogP contribution in [0.15, 0.2) is 30.3 Å². The van der Waals surface area contributed by atoms with Crippen molar-refractivity contribution in [3.05, 3.63) is 41.6 Å². The Balaban J connectivity index is 1.40. The lowest BCUT2D eigenvalue weighted by Gasteiger charge is -2.35. The van der Waals surface area contributed by atoms with Gasteiger partial charge in [0.1, 0.15) is 0 Å². The minimum absolute atomic E-state index is 0.0534. The van der Waals surface area contributed by atoms with E-state index in [2.05, 4.69) is 20.1 Å². The summed E-state index contributed by atoms with van der Waals surface area (Å²) in [7, 11) is 0. The van der Waals surface area contributed by atoms with Crippen molar-refractivity contribution in [1.29, 1.82) is 0 Å². The number of aliphatic hydroxyl groups excluding tert-OH is 1. The highest BCUT2D eigenvalue weighted by Crippen LogP contribution is 2.18. The van der Waals surface area contributed by atoms with E-state index in [4.69, 9.17) is 4.74 Å². The molecule has 0 saturated carbocycles. The number of β-amino-alcohol motifs (C(OH)–C–C–N with tert-alkyl or cyclic N) is 1. The van der Waals surface area contributed by atoms with Gasteiger partial charge in [0.15, 0.2) is 0 Å². The normalized spacial score (nSPS) is 17.1. The zero-order chi connectivity index (χ0) is 22.4. The van der Waals surface area contributed by atoms with E-state index in [1.54, 1.807) is 0 Å². The van der Waals surface area contributed by atoms with Crippen molar-refractivity contribution in [2.75, 3.05) is 52.4 Å². The summed E-state index contributed by atoms with van der Waals surface area (Å²) in [6.45, 7) is 14.0. The largest absolute Gasteiger partial charge is 0.389 e. The van der Waals surface area contributed by atoms with Gasteiger partial charge in [-0.2, -0.15) is 0 Å². The van der Waals surface area contributed by atoms with Crippen LogP contribution in [0.4, 0.5) is 0 Å². The monoisotopic (exact) mass is 428 g/mol. The van der Waals surface area contributed by atoms with Crippen LogP contribution in [0, 0.1) is 6.92 Å². The van der Waals surface area contributed by atoms with Gasteiger partial charge in [0, 0.05) is 56.9 Å². The summed E-state index contributed by atoms with van der Waals surface area (Å²) < 4.78 is 5.67. The zero-order valence-electron chi connectivity index (χ0n) is 19.2. The highest BCUT2D eigenvalue weighted by Gasteiger charge is 2.21. The van der Waals surface area contributed by atoms with E-state index in [0.717, 1.165) is 49.3 Å². The van der Waals surface area contributed by atoms with Crippen molar-refractivity contribution in [2.24, 2.45) is 0 Å². The van der Waals surface area contributed by atoms with Crippen LogP contribution in [-0.4, -0.2) is 89.9 Å². The number of fused-ring (bicyclic) bond motifs is 1. The number of para-hydroxylation sites is 1. The van der Waals surface area contributed by atoms with Gasteiger partial charge in [-0.25, -0.2) is 0 Å². The molecule has 2 N–H and O–H groups in total. The summed E-state index contributed by atoms with van der Waals surface area (Å²) in [5, 5.41) is 14.1. The second kappa shape index (κ2) is 10.5. The quantitative estimate of drug-likeness (QED) is 0.670. The lowest BCUT2D eigenvalue weighted by Crippen LogP contribution is -2.50. The number of amides is 1. The van der Waals surface area contributed by atoms with Gasteiger partial charge in [0.2, 0.25) is 0 Å². The third-order valence-corrected chi connectivity index (χ3v) is 5.45. The van der Waals surface area contributed by atoms with Gasteiger partial charge < -0.3 is 15.2 Å². The second-order valence-electron chi connectivity index (χ2n) is 9.30. The molecule has 0 aliphatic carbocycles. The first kappa shape index (κ1) is 23.6. The molecule has 0 radical (unpaired) electrons. The number of piperazine rings is 1. The van der Waals surface area contributed by atoms with Crippen LogP contribution in [0.5, 0.6) is 0 Å². The molecule has 31 heavy (non-hydrogen) atoms. The van der Waals surface area contributed by atoms with Gasteiger partial charge in [0.05, 0.1) is 29.4 Å². The molecule has 0 bridgehead atoms. The number of aromatic nitrogens is 1. The number of benzene rings is 1. The summed E-state index contributed by atoms with van der Waals surface area (Å²) >= 11 is 0. The molecule has 3 rings (SSSR count). The van der Waals surface area contributed by atoms with Gasteiger partial charge in [-0.15, -0.1) is 0 Å². The lowest BCUT2D eigenvalue weighted by atomic mass is 10.1. The number of rotatable bonds is 8. The molecule has 1 saturated heterocycles. The van der Waals surface area contributed by atoms with Crippen LogP contribution in [-0.2, 0) is 4.74 Å². The first-order valence-electron chi connectivity index (χ1n) is 11.1. The van der Waals surface area contributed by atoms with Crippen LogP contribution in [0.3, 0.4) is 0 Å². The Bertz CT molecular complexity index is 873. The summed E-state index contributed by atoms with van der Waals surface area (Å²) in [5.74, 6) is -0.0534. The first-order valence-corrected chi connectivity index (χ1v) is 11.1. The van der Waals surface area contributed by atoms with Crippen LogP contribution in [0.1, 0.15) is 36.8 Å². The van der Waals surface area contributed by atoms with Crippen molar-refractivity contribution in [3.63, 3.8) is 0 Å². The van der Waals surface area contributed by atoms with Crippen molar-refractivity contribution in [3.8, 4) is 0 Å². The van der Waals surface area contributed by atoms with E-state index in [0.29, 0.717) is 25.3 Å². The number of carbonyl (C=O) groups excluding carboxylic acids is 1. The number of nitrogens with one attached hydrogen (secondary N) is 1. The summed E-state index contributed by atoms with van der Waals surface area (Å²) in [4.78, 5) is 21.9. The molecule has 1 fully saturated rings. The van der Waals surface area contributed by atoms with Gasteiger partial charge in [0.25, 0.3) is 5.91 Å². The average Bonchev–Trinajstić information content (AvgIpc) is 2.72. The Hall–Kier alpha value is -2.06. The number of ether oxygens (including phenoxy) is 1. The fraction of sp³-hybridized carbons (Fsp3) is 0.583. The fourth-order valence-corrected chi connectivity index (χ4v) is 3.81. The van der Waals surface area contributed by atoms with E-state index in [-0.39, 0.29) is 11.5 Å². The topological polar surface area (TPSA) is 77.9 Å². The Morgan fingerprint density at radius 1 is 1.19 bits per heavy atom. The van der Waals surface area contributed by atoms with Crippen LogP contribution in [0.2, 0.25) is 0 Å². The third-order valence-electron chi connectivity index (χ3n) is 5.45. The Labute approximate surface area is 185 Å². The van der Waals surface area contributed by atoms with Crippen LogP contribution >= 0.6 is 0 Å². The molecule has 1 aromatic heterocycles. The molecule has 7 heteroatoms. The smallest absolute Gasteiger partial charge is 0.252 e.